The Bertz CT molecular complexity index is 1940. The van der Waals surface area contributed by atoms with E-state index < -0.39 is 70.9 Å². The van der Waals surface area contributed by atoms with Gasteiger partial charge in [-0.1, -0.05) is 13.8 Å². The molecule has 1 saturated carbocycles. The number of halogens is 5. The van der Waals surface area contributed by atoms with Gasteiger partial charge in [0.15, 0.2) is 0 Å². The number of carboxylic acid groups (broad SMARTS) is 1. The van der Waals surface area contributed by atoms with Gasteiger partial charge in [0.2, 0.25) is 5.91 Å². The Kier molecular flexibility index (Phi) is 12.3. The van der Waals surface area contributed by atoms with Crippen molar-refractivity contribution in [2.75, 3.05) is 19.6 Å². The number of nitrogens with zero attached hydrogens (tertiary/aromatic N) is 2. The summed E-state index contributed by atoms with van der Waals surface area (Å²) in [6, 6.07) is 4.25. The van der Waals surface area contributed by atoms with E-state index in [1.807, 2.05) is 0 Å². The minimum Gasteiger partial charge on any atom is -0.481 e. The van der Waals surface area contributed by atoms with Crippen LogP contribution in [0.15, 0.2) is 41.2 Å². The number of carboxylic acids is 1. The van der Waals surface area contributed by atoms with E-state index in [4.69, 9.17) is 0 Å². The minimum atomic E-state index is -4.86. The molecular weight excluding hydrogens is 711 g/mol. The van der Waals surface area contributed by atoms with Crippen molar-refractivity contribution in [2.24, 2.45) is 17.8 Å². The molecule has 0 spiro atoms. The van der Waals surface area contributed by atoms with Gasteiger partial charge in [-0.15, -0.1) is 0 Å². The molecular formula is C40H47F5N4O5. The van der Waals surface area contributed by atoms with Crippen LogP contribution in [-0.4, -0.2) is 58.0 Å². The van der Waals surface area contributed by atoms with Gasteiger partial charge in [0.1, 0.15) is 28.9 Å². The standard InChI is InChI=1S/C40H47F5N4O5/c1-21(2)11-32(38(53)46-31(18-34(50)51)30-17-27(12-24(5)36(30)42)35-22(3)13-28(41)14-23(35)4)47-37(52)29-7-8-33(40(43,44)45)49(39(29)54)10-6-9-48-19-25-15-26(16-25)20-48/h7-8,12-14,17,21,25-26,31-32H,6,9-11,15-16,18-20H2,1-5H3,(H,46,53)(H,47,52)(H,50,51)/t25?,26?,31-,32-/m0/s1. The Hall–Kier alpha value is -4.59. The SMILES string of the molecule is Cc1cc(-c2c(C)cc(F)cc2C)cc([C@H](CC(=O)O)NC(=O)[C@H](CC(C)C)NC(=O)c2ccc(C(F)(F)F)n(CCCN3CC4CC(C4)C3)c2=O)c1F. The molecule has 6 rings (SSSR count). The first kappa shape index (κ1) is 40.6. The molecule has 2 saturated heterocycles. The lowest BCUT2D eigenvalue weighted by Gasteiger charge is -2.47. The van der Waals surface area contributed by atoms with Crippen LogP contribution in [0.1, 0.15) is 90.3 Å². The Morgan fingerprint density at radius 1 is 0.907 bits per heavy atom. The highest BCUT2D eigenvalue weighted by atomic mass is 19.4. The van der Waals surface area contributed by atoms with Crippen molar-refractivity contribution in [3.05, 3.63) is 91.9 Å². The average molecular weight is 759 g/mol. The van der Waals surface area contributed by atoms with Gasteiger partial charge in [0, 0.05) is 25.2 Å². The van der Waals surface area contributed by atoms with Crippen LogP contribution in [-0.2, 0) is 22.3 Å². The van der Waals surface area contributed by atoms with Crippen LogP contribution in [0, 0.1) is 50.2 Å². The second kappa shape index (κ2) is 16.4. The highest BCUT2D eigenvalue weighted by molar-refractivity contribution is 5.97. The van der Waals surface area contributed by atoms with Crippen molar-refractivity contribution in [3.63, 3.8) is 0 Å². The first-order valence-electron chi connectivity index (χ1n) is 18.3. The van der Waals surface area contributed by atoms with Crippen molar-refractivity contribution in [1.29, 1.82) is 0 Å². The number of carbonyl (C=O) groups excluding carboxylic acids is 2. The van der Waals surface area contributed by atoms with E-state index in [1.165, 1.54) is 38.0 Å². The summed E-state index contributed by atoms with van der Waals surface area (Å²) in [5, 5.41) is 14.8. The van der Waals surface area contributed by atoms with Crippen LogP contribution in [0.3, 0.4) is 0 Å². The number of piperidine rings is 2. The van der Waals surface area contributed by atoms with Crippen molar-refractivity contribution in [1.82, 2.24) is 20.1 Å². The molecule has 54 heavy (non-hydrogen) atoms. The lowest BCUT2D eigenvalue weighted by molar-refractivity contribution is -0.144. The molecule has 0 unspecified atom stereocenters. The van der Waals surface area contributed by atoms with E-state index in [0.29, 0.717) is 51.3 Å². The number of aryl methyl sites for hydroxylation is 3. The largest absolute Gasteiger partial charge is 0.481 e. The predicted molar refractivity (Wildman–Crippen MR) is 193 cm³/mol. The zero-order chi connectivity index (χ0) is 39.6. The molecule has 292 valence electrons. The fourth-order valence-electron chi connectivity index (χ4n) is 8.02. The zero-order valence-corrected chi connectivity index (χ0v) is 31.1. The van der Waals surface area contributed by atoms with Crippen LogP contribution in [0.5, 0.6) is 0 Å². The van der Waals surface area contributed by atoms with Gasteiger partial charge in [-0.05, 0) is 135 Å². The van der Waals surface area contributed by atoms with Gasteiger partial charge < -0.3 is 25.2 Å². The summed E-state index contributed by atoms with van der Waals surface area (Å²) in [5.74, 6) is -3.58. The molecule has 3 heterocycles. The fraction of sp³-hybridized carbons (Fsp3) is 0.500. The molecule has 3 N–H and O–H groups in total. The van der Waals surface area contributed by atoms with Crippen molar-refractivity contribution in [3.8, 4) is 11.1 Å². The zero-order valence-electron chi connectivity index (χ0n) is 31.1. The first-order valence-corrected chi connectivity index (χ1v) is 18.3. The molecule has 1 aliphatic carbocycles. The maximum atomic E-state index is 15.8. The van der Waals surface area contributed by atoms with E-state index in [9.17, 15) is 41.8 Å². The third kappa shape index (κ3) is 9.37. The number of aromatic nitrogens is 1. The van der Waals surface area contributed by atoms with E-state index in [2.05, 4.69) is 15.5 Å². The third-order valence-corrected chi connectivity index (χ3v) is 10.4. The van der Waals surface area contributed by atoms with Crippen molar-refractivity contribution < 1.29 is 41.4 Å². The Morgan fingerprint density at radius 3 is 2.11 bits per heavy atom. The summed E-state index contributed by atoms with van der Waals surface area (Å²) >= 11 is 0. The number of rotatable bonds is 14. The lowest BCUT2D eigenvalue weighted by atomic mass is 9.71. The van der Waals surface area contributed by atoms with E-state index in [0.717, 1.165) is 19.2 Å². The Balaban J connectivity index is 1.40. The number of hydrogen-bond acceptors (Lipinski definition) is 5. The van der Waals surface area contributed by atoms with E-state index >= 15 is 4.39 Å². The van der Waals surface area contributed by atoms with Crippen molar-refractivity contribution in [2.45, 2.75) is 91.5 Å². The van der Waals surface area contributed by atoms with Gasteiger partial charge in [-0.25, -0.2) is 8.78 Å². The Morgan fingerprint density at radius 2 is 1.54 bits per heavy atom. The molecule has 2 bridgehead atoms. The van der Waals surface area contributed by atoms with Gasteiger partial charge in [0.25, 0.3) is 11.5 Å². The second-order valence-electron chi connectivity index (χ2n) is 15.3. The number of aliphatic carboxylic acids is 1. The highest BCUT2D eigenvalue weighted by Gasteiger charge is 2.38. The molecule has 3 aromatic rings. The van der Waals surface area contributed by atoms with Crippen LogP contribution in [0.2, 0.25) is 0 Å². The van der Waals surface area contributed by atoms with E-state index in [-0.39, 0.29) is 36.4 Å². The lowest BCUT2D eigenvalue weighted by Crippen LogP contribution is -2.50. The molecule has 1 aromatic heterocycles. The quantitative estimate of drug-likeness (QED) is 0.153. The molecule has 2 amide bonds. The maximum Gasteiger partial charge on any atom is 0.431 e. The normalized spacial score (nSPS) is 18.2. The third-order valence-electron chi connectivity index (χ3n) is 10.4. The van der Waals surface area contributed by atoms with Crippen LogP contribution in [0.4, 0.5) is 22.0 Å². The number of pyridine rings is 1. The number of alkyl halides is 3. The topological polar surface area (TPSA) is 121 Å². The summed E-state index contributed by atoms with van der Waals surface area (Å²) in [6.45, 7) is 10.3. The monoisotopic (exact) mass is 758 g/mol. The molecule has 0 radical (unpaired) electrons. The molecule has 2 atom stereocenters. The number of nitrogens with one attached hydrogen (secondary N) is 2. The molecule has 3 aliphatic rings. The summed E-state index contributed by atoms with van der Waals surface area (Å²) in [5.41, 5.74) is -0.740. The predicted octanol–water partition coefficient (Wildman–Crippen LogP) is 6.95. The summed E-state index contributed by atoms with van der Waals surface area (Å²) in [4.78, 5) is 55.2. The summed E-state index contributed by atoms with van der Waals surface area (Å²) < 4.78 is 72.5. The van der Waals surface area contributed by atoms with Crippen LogP contribution >= 0.6 is 0 Å². The van der Waals surface area contributed by atoms with Crippen molar-refractivity contribution >= 4 is 17.8 Å². The van der Waals surface area contributed by atoms with Gasteiger partial charge in [-0.2, -0.15) is 13.2 Å². The second-order valence-corrected chi connectivity index (χ2v) is 15.3. The van der Waals surface area contributed by atoms with Crippen LogP contribution < -0.4 is 16.2 Å². The number of carbonyl (C=O) groups is 3. The molecule has 2 aromatic carbocycles. The molecule has 2 aliphatic heterocycles. The number of hydrogen-bond donors (Lipinski definition) is 3. The Labute approximate surface area is 310 Å². The summed E-state index contributed by atoms with van der Waals surface area (Å²) in [7, 11) is 0. The smallest absolute Gasteiger partial charge is 0.431 e. The van der Waals surface area contributed by atoms with Crippen LogP contribution in [0.25, 0.3) is 11.1 Å². The number of fused-ring (bicyclic) bond motifs is 2. The van der Waals surface area contributed by atoms with Gasteiger partial charge >= 0.3 is 12.1 Å². The molecule has 9 nitrogen and oxygen atoms in total. The first-order chi connectivity index (χ1) is 25.3. The minimum absolute atomic E-state index is 0.000465. The fourth-order valence-corrected chi connectivity index (χ4v) is 8.02. The number of benzene rings is 2. The highest BCUT2D eigenvalue weighted by Crippen LogP contribution is 2.39. The van der Waals surface area contributed by atoms with Gasteiger partial charge in [-0.3, -0.25) is 19.2 Å². The summed E-state index contributed by atoms with van der Waals surface area (Å²) in [6.07, 6.45) is -3.01. The maximum absolute atomic E-state index is 15.8. The average Bonchev–Trinajstić information content (AvgIpc) is 3.04. The van der Waals surface area contributed by atoms with E-state index in [1.54, 1.807) is 33.8 Å². The van der Waals surface area contributed by atoms with Gasteiger partial charge in [0.05, 0.1) is 12.5 Å². The molecule has 14 heteroatoms. The number of amides is 2. The molecule has 3 fully saturated rings.